The first-order chi connectivity index (χ1) is 6.56. The summed E-state index contributed by atoms with van der Waals surface area (Å²) in [5.41, 5.74) is 1.95. The van der Waals surface area contributed by atoms with Crippen LogP contribution >= 0.6 is 11.6 Å². The van der Waals surface area contributed by atoms with E-state index >= 15 is 0 Å². The molecule has 0 fully saturated rings. The fraction of sp³-hybridized carbons (Fsp3) is 0.600. The van der Waals surface area contributed by atoms with Crippen LogP contribution in [0.2, 0.25) is 0 Å². The lowest BCUT2D eigenvalue weighted by atomic mass is 10.3. The quantitative estimate of drug-likeness (QED) is 0.722. The Bertz CT molecular complexity index is 312. The number of alkyl halides is 1. The second kappa shape index (κ2) is 4.60. The summed E-state index contributed by atoms with van der Waals surface area (Å²) in [7, 11) is 1.99. The summed E-state index contributed by atoms with van der Waals surface area (Å²) in [5, 5.41) is 0. The highest BCUT2D eigenvalue weighted by molar-refractivity contribution is 6.17. The molecule has 0 amide bonds. The third-order valence-corrected chi connectivity index (χ3v) is 2.59. The van der Waals surface area contributed by atoms with Crippen LogP contribution in [0.3, 0.4) is 0 Å². The van der Waals surface area contributed by atoms with Crippen LogP contribution in [0.5, 0.6) is 0 Å². The van der Waals surface area contributed by atoms with E-state index in [2.05, 4.69) is 23.8 Å². The molecular formula is C10H16ClN3. The van der Waals surface area contributed by atoms with Crippen LogP contribution in [0, 0.1) is 6.92 Å². The average molecular weight is 214 g/mol. The van der Waals surface area contributed by atoms with Crippen LogP contribution in [-0.2, 0) is 5.88 Å². The minimum Gasteiger partial charge on any atom is -0.341 e. The van der Waals surface area contributed by atoms with Gasteiger partial charge < -0.3 is 4.90 Å². The van der Waals surface area contributed by atoms with E-state index in [1.165, 1.54) is 0 Å². The summed E-state index contributed by atoms with van der Waals surface area (Å²) in [6, 6.07) is 0.399. The van der Waals surface area contributed by atoms with Crippen LogP contribution in [0.1, 0.15) is 25.1 Å². The van der Waals surface area contributed by atoms with Gasteiger partial charge in [0.05, 0.1) is 5.88 Å². The molecule has 0 aliphatic rings. The molecule has 1 aromatic heterocycles. The average Bonchev–Trinajstić information content (AvgIpc) is 2.16. The van der Waals surface area contributed by atoms with Crippen molar-refractivity contribution in [1.29, 1.82) is 0 Å². The minimum atomic E-state index is 0.399. The van der Waals surface area contributed by atoms with Crippen LogP contribution in [-0.4, -0.2) is 23.1 Å². The topological polar surface area (TPSA) is 29.0 Å². The van der Waals surface area contributed by atoms with Gasteiger partial charge in [0.15, 0.2) is 0 Å². The molecule has 0 bridgehead atoms. The molecule has 1 heterocycles. The molecule has 3 nitrogen and oxygen atoms in total. The summed E-state index contributed by atoms with van der Waals surface area (Å²) in [4.78, 5) is 10.7. The number of anilines is 1. The van der Waals surface area contributed by atoms with Gasteiger partial charge in [-0.3, -0.25) is 0 Å². The zero-order valence-corrected chi connectivity index (χ0v) is 9.84. The SMILES string of the molecule is Cc1nc(N(C)C(C)C)ncc1CCl. The summed E-state index contributed by atoms with van der Waals surface area (Å²) >= 11 is 5.73. The number of rotatable bonds is 3. The van der Waals surface area contributed by atoms with Gasteiger partial charge >= 0.3 is 0 Å². The maximum absolute atomic E-state index is 5.73. The lowest BCUT2D eigenvalue weighted by Gasteiger charge is -2.21. The number of aryl methyl sites for hydroxylation is 1. The third kappa shape index (κ3) is 2.35. The molecule has 0 aromatic carbocycles. The van der Waals surface area contributed by atoms with Crippen molar-refractivity contribution in [2.45, 2.75) is 32.7 Å². The van der Waals surface area contributed by atoms with Crippen molar-refractivity contribution in [2.24, 2.45) is 0 Å². The smallest absolute Gasteiger partial charge is 0.225 e. The van der Waals surface area contributed by atoms with Crippen molar-refractivity contribution in [2.75, 3.05) is 11.9 Å². The fourth-order valence-electron chi connectivity index (χ4n) is 1.01. The molecule has 1 aromatic rings. The summed E-state index contributed by atoms with van der Waals surface area (Å²) in [6.45, 7) is 6.17. The number of aromatic nitrogens is 2. The highest BCUT2D eigenvalue weighted by Crippen LogP contribution is 2.13. The second-order valence-corrected chi connectivity index (χ2v) is 3.89. The molecular weight excluding hydrogens is 198 g/mol. The van der Waals surface area contributed by atoms with E-state index in [-0.39, 0.29) is 0 Å². The molecule has 0 saturated heterocycles. The van der Waals surface area contributed by atoms with Crippen LogP contribution in [0.25, 0.3) is 0 Å². The fourth-order valence-corrected chi connectivity index (χ4v) is 1.27. The molecule has 0 unspecified atom stereocenters. The molecule has 14 heavy (non-hydrogen) atoms. The standard InChI is InChI=1S/C10H16ClN3/c1-7(2)14(4)10-12-6-9(5-11)8(3)13-10/h6-7H,5H2,1-4H3. The monoisotopic (exact) mass is 213 g/mol. The van der Waals surface area contributed by atoms with E-state index in [4.69, 9.17) is 11.6 Å². The highest BCUT2D eigenvalue weighted by atomic mass is 35.5. The molecule has 78 valence electrons. The number of halogens is 1. The molecule has 1 rings (SSSR count). The zero-order valence-electron chi connectivity index (χ0n) is 9.08. The molecule has 0 aliphatic heterocycles. The van der Waals surface area contributed by atoms with E-state index in [0.29, 0.717) is 11.9 Å². The third-order valence-electron chi connectivity index (χ3n) is 2.30. The summed E-state index contributed by atoms with van der Waals surface area (Å²) in [5.74, 6) is 1.23. The van der Waals surface area contributed by atoms with Crippen molar-refractivity contribution in [3.8, 4) is 0 Å². The van der Waals surface area contributed by atoms with Gasteiger partial charge in [-0.2, -0.15) is 0 Å². The van der Waals surface area contributed by atoms with Crippen molar-refractivity contribution in [3.63, 3.8) is 0 Å². The van der Waals surface area contributed by atoms with Gasteiger partial charge in [0.2, 0.25) is 5.95 Å². The largest absolute Gasteiger partial charge is 0.341 e. The molecule has 0 atom stereocenters. The highest BCUT2D eigenvalue weighted by Gasteiger charge is 2.09. The molecule has 0 spiro atoms. The minimum absolute atomic E-state index is 0.399. The predicted octanol–water partition coefficient (Wildman–Crippen LogP) is 2.37. The molecule has 0 saturated carbocycles. The van der Waals surface area contributed by atoms with Gasteiger partial charge in [0, 0.05) is 30.5 Å². The molecule has 0 N–H and O–H groups in total. The summed E-state index contributed by atoms with van der Waals surface area (Å²) < 4.78 is 0. The first kappa shape index (κ1) is 11.2. The Labute approximate surface area is 90.1 Å². The maximum Gasteiger partial charge on any atom is 0.225 e. The van der Waals surface area contributed by atoms with Gasteiger partial charge in [-0.15, -0.1) is 11.6 Å². The van der Waals surface area contributed by atoms with Gasteiger partial charge in [-0.25, -0.2) is 9.97 Å². The Morgan fingerprint density at radius 1 is 1.50 bits per heavy atom. The van der Waals surface area contributed by atoms with Crippen LogP contribution < -0.4 is 4.90 Å². The second-order valence-electron chi connectivity index (χ2n) is 3.62. The first-order valence-electron chi connectivity index (χ1n) is 4.67. The van der Waals surface area contributed by atoms with Gasteiger partial charge in [-0.1, -0.05) is 0 Å². The lowest BCUT2D eigenvalue weighted by Crippen LogP contribution is -2.27. The normalized spacial score (nSPS) is 10.7. The van der Waals surface area contributed by atoms with E-state index in [9.17, 15) is 0 Å². The number of hydrogen-bond acceptors (Lipinski definition) is 3. The van der Waals surface area contributed by atoms with E-state index in [1.54, 1.807) is 6.20 Å². The predicted molar refractivity (Wildman–Crippen MR) is 59.9 cm³/mol. The van der Waals surface area contributed by atoms with Crippen molar-refractivity contribution in [1.82, 2.24) is 9.97 Å². The van der Waals surface area contributed by atoms with E-state index in [0.717, 1.165) is 17.2 Å². The molecule has 0 radical (unpaired) electrons. The Kier molecular flexibility index (Phi) is 3.69. The zero-order chi connectivity index (χ0) is 10.7. The van der Waals surface area contributed by atoms with Crippen molar-refractivity contribution < 1.29 is 0 Å². The number of hydrogen-bond donors (Lipinski definition) is 0. The molecule has 0 aliphatic carbocycles. The first-order valence-corrected chi connectivity index (χ1v) is 5.21. The van der Waals surface area contributed by atoms with E-state index < -0.39 is 0 Å². The Morgan fingerprint density at radius 3 is 2.57 bits per heavy atom. The summed E-state index contributed by atoms with van der Waals surface area (Å²) in [6.07, 6.45) is 1.80. The lowest BCUT2D eigenvalue weighted by molar-refractivity contribution is 0.725. The van der Waals surface area contributed by atoms with Crippen LogP contribution in [0.15, 0.2) is 6.20 Å². The Balaban J connectivity index is 2.96. The Morgan fingerprint density at radius 2 is 2.14 bits per heavy atom. The van der Waals surface area contributed by atoms with Gasteiger partial charge in [0.1, 0.15) is 0 Å². The van der Waals surface area contributed by atoms with Gasteiger partial charge in [-0.05, 0) is 20.8 Å². The molecule has 4 heteroatoms. The number of nitrogens with zero attached hydrogens (tertiary/aromatic N) is 3. The maximum atomic E-state index is 5.73. The van der Waals surface area contributed by atoms with Gasteiger partial charge in [0.25, 0.3) is 0 Å². The van der Waals surface area contributed by atoms with Crippen molar-refractivity contribution in [3.05, 3.63) is 17.5 Å². The van der Waals surface area contributed by atoms with Crippen molar-refractivity contribution >= 4 is 17.5 Å². The van der Waals surface area contributed by atoms with Crippen LogP contribution in [0.4, 0.5) is 5.95 Å². The Hall–Kier alpha value is -0.830. The van der Waals surface area contributed by atoms with E-state index in [1.807, 2.05) is 18.9 Å².